The van der Waals surface area contributed by atoms with E-state index in [1.54, 1.807) is 12.1 Å². The van der Waals surface area contributed by atoms with Crippen LogP contribution in [-0.2, 0) is 6.42 Å². The summed E-state index contributed by atoms with van der Waals surface area (Å²) in [4.78, 5) is 6.18. The minimum absolute atomic E-state index is 0.0566. The molecule has 0 aromatic carbocycles. The number of hydrogen-bond acceptors (Lipinski definition) is 4. The molecule has 0 unspecified atom stereocenters. The van der Waals surface area contributed by atoms with Gasteiger partial charge in [0.25, 0.3) is 0 Å². The number of likely N-dealkylation sites (tertiary alicyclic amines) is 1. The zero-order chi connectivity index (χ0) is 21.4. The minimum atomic E-state index is -4.46. The van der Waals surface area contributed by atoms with Crippen molar-refractivity contribution < 1.29 is 22.7 Å². The molecule has 2 N–H and O–H groups in total. The van der Waals surface area contributed by atoms with Crippen molar-refractivity contribution in [1.29, 1.82) is 0 Å². The van der Waals surface area contributed by atoms with Gasteiger partial charge < -0.3 is 19.7 Å². The Bertz CT molecular complexity index is 936. The first-order valence-electron chi connectivity index (χ1n) is 9.34. The highest BCUT2D eigenvalue weighted by molar-refractivity contribution is 5.70. The summed E-state index contributed by atoms with van der Waals surface area (Å²) in [6, 6.07) is 2.80. The fraction of sp³-hybridized carbons (Fsp3) is 0.550. The topological polar surface area (TPSA) is 52.8 Å². The molecule has 1 aliphatic rings. The van der Waals surface area contributed by atoms with Crippen LogP contribution in [0.3, 0.4) is 0 Å². The molecule has 1 saturated heterocycles. The van der Waals surface area contributed by atoms with Crippen LogP contribution in [0.25, 0.3) is 5.65 Å². The molecule has 9 heteroatoms. The Balaban J connectivity index is 2.03. The lowest BCUT2D eigenvalue weighted by atomic mass is 10.0. The van der Waals surface area contributed by atoms with E-state index >= 15 is 0 Å². The zero-order valence-corrected chi connectivity index (χ0v) is 16.5. The van der Waals surface area contributed by atoms with Crippen molar-refractivity contribution in [2.24, 2.45) is 0 Å². The van der Waals surface area contributed by atoms with Gasteiger partial charge in [0.05, 0.1) is 23.8 Å². The number of alkyl halides is 4. The van der Waals surface area contributed by atoms with Gasteiger partial charge in [0, 0.05) is 19.3 Å². The van der Waals surface area contributed by atoms with Crippen LogP contribution < -0.4 is 5.32 Å². The number of aromatic nitrogens is 2. The first-order valence-corrected chi connectivity index (χ1v) is 9.34. The lowest BCUT2D eigenvalue weighted by Crippen LogP contribution is -2.46. The fourth-order valence-corrected chi connectivity index (χ4v) is 3.32. The first-order chi connectivity index (χ1) is 13.4. The molecule has 29 heavy (non-hydrogen) atoms. The molecule has 158 valence electrons. The highest BCUT2D eigenvalue weighted by Gasteiger charge is 2.32. The summed E-state index contributed by atoms with van der Waals surface area (Å²) in [7, 11) is 1.84. The van der Waals surface area contributed by atoms with Crippen LogP contribution in [-0.4, -0.2) is 63.5 Å². The minimum Gasteiger partial charge on any atom is -0.378 e. The largest absolute Gasteiger partial charge is 0.394 e. The van der Waals surface area contributed by atoms with Crippen molar-refractivity contribution in [2.45, 2.75) is 50.7 Å². The molecule has 0 saturated carbocycles. The number of nitrogens with zero attached hydrogens (tertiary/aromatic N) is 3. The number of hydrogen-bond donors (Lipinski definition) is 2. The highest BCUT2D eigenvalue weighted by atomic mass is 19.4. The second-order valence-corrected chi connectivity index (χ2v) is 7.94. The van der Waals surface area contributed by atoms with E-state index in [9.17, 15) is 22.7 Å². The van der Waals surface area contributed by atoms with Gasteiger partial charge in [-0.05, 0) is 45.4 Å². The van der Waals surface area contributed by atoms with E-state index in [-0.39, 0.29) is 23.6 Å². The van der Waals surface area contributed by atoms with Gasteiger partial charge in [-0.25, -0.2) is 9.37 Å². The van der Waals surface area contributed by atoms with Crippen molar-refractivity contribution in [1.82, 2.24) is 14.3 Å². The molecule has 0 spiro atoms. The molecule has 0 amide bonds. The van der Waals surface area contributed by atoms with E-state index in [2.05, 4.69) is 22.1 Å². The number of aliphatic hydroxyl groups is 1. The summed E-state index contributed by atoms with van der Waals surface area (Å²) in [5.41, 5.74) is -0.851. The number of imidazole rings is 1. The molecule has 0 aliphatic carbocycles. The van der Waals surface area contributed by atoms with Gasteiger partial charge in [0.1, 0.15) is 17.5 Å². The van der Waals surface area contributed by atoms with Gasteiger partial charge in [0.15, 0.2) is 5.65 Å². The van der Waals surface area contributed by atoms with E-state index in [4.69, 9.17) is 0 Å². The van der Waals surface area contributed by atoms with E-state index in [0.717, 1.165) is 6.54 Å². The molecule has 2 aromatic rings. The van der Waals surface area contributed by atoms with Gasteiger partial charge >= 0.3 is 6.18 Å². The number of nitrogens with one attached hydrogen (secondary N) is 1. The monoisotopic (exact) mass is 412 g/mol. The van der Waals surface area contributed by atoms with Gasteiger partial charge in [-0.3, -0.25) is 0 Å². The van der Waals surface area contributed by atoms with Gasteiger partial charge in [-0.2, -0.15) is 13.2 Å². The van der Waals surface area contributed by atoms with Crippen LogP contribution in [0.4, 0.5) is 23.2 Å². The number of pyridine rings is 1. The lowest BCUT2D eigenvalue weighted by Gasteiger charge is -2.33. The molecule has 3 heterocycles. The molecule has 2 aromatic heterocycles. The van der Waals surface area contributed by atoms with Crippen LogP contribution in [0.1, 0.15) is 31.7 Å². The predicted molar refractivity (Wildman–Crippen MR) is 103 cm³/mol. The summed E-state index contributed by atoms with van der Waals surface area (Å²) in [5.74, 6) is 5.08. The smallest absolute Gasteiger partial charge is 0.378 e. The van der Waals surface area contributed by atoms with Gasteiger partial charge in [-0.1, -0.05) is 5.92 Å². The third-order valence-electron chi connectivity index (χ3n) is 4.69. The molecule has 0 bridgehead atoms. The molecule has 3 rings (SSSR count). The summed E-state index contributed by atoms with van der Waals surface area (Å²) >= 11 is 0. The zero-order valence-electron chi connectivity index (χ0n) is 16.5. The summed E-state index contributed by atoms with van der Waals surface area (Å²) in [6.07, 6.45) is -4.73. The number of fused-ring (bicyclic) bond motifs is 1. The molecule has 2 atom stereocenters. The number of halogens is 4. The van der Waals surface area contributed by atoms with E-state index in [1.165, 1.54) is 24.4 Å². The second kappa shape index (κ2) is 7.84. The predicted octanol–water partition coefficient (Wildman–Crippen LogP) is 3.02. The Morgan fingerprint density at radius 2 is 2.07 bits per heavy atom. The summed E-state index contributed by atoms with van der Waals surface area (Å²) in [5, 5.41) is 12.9. The summed E-state index contributed by atoms with van der Waals surface area (Å²) in [6.45, 7) is 3.88. The maximum Gasteiger partial charge on any atom is 0.394 e. The van der Waals surface area contributed by atoms with Crippen molar-refractivity contribution in [3.63, 3.8) is 0 Å². The highest BCUT2D eigenvalue weighted by Crippen LogP contribution is 2.28. The number of anilines is 1. The summed E-state index contributed by atoms with van der Waals surface area (Å²) < 4.78 is 55.2. The van der Waals surface area contributed by atoms with Crippen molar-refractivity contribution in [2.75, 3.05) is 25.5 Å². The third-order valence-corrected chi connectivity index (χ3v) is 4.69. The maximum atomic E-state index is 14.4. The molecular formula is C20H24F4N4O. The van der Waals surface area contributed by atoms with Gasteiger partial charge in [-0.15, -0.1) is 0 Å². The van der Waals surface area contributed by atoms with E-state index in [0.29, 0.717) is 12.1 Å². The fourth-order valence-electron chi connectivity index (χ4n) is 3.32. The van der Waals surface area contributed by atoms with E-state index in [1.807, 2.05) is 11.9 Å². The molecule has 1 fully saturated rings. The molecular weight excluding hydrogens is 388 g/mol. The Kier molecular flexibility index (Phi) is 5.79. The van der Waals surface area contributed by atoms with Crippen LogP contribution in [0.2, 0.25) is 0 Å². The average Bonchev–Trinajstić information content (AvgIpc) is 2.92. The number of piperidine rings is 1. The first kappa shape index (κ1) is 21.4. The second-order valence-electron chi connectivity index (χ2n) is 7.94. The Hall–Kier alpha value is -2.31. The normalized spacial score (nSPS) is 21.1. The quantitative estimate of drug-likeness (QED) is 0.601. The Morgan fingerprint density at radius 1 is 1.34 bits per heavy atom. The molecule has 5 nitrogen and oxygen atoms in total. The lowest BCUT2D eigenvalue weighted by molar-refractivity contribution is -0.128. The van der Waals surface area contributed by atoms with Gasteiger partial charge in [0.2, 0.25) is 0 Å². The Labute approximate surface area is 166 Å². The van der Waals surface area contributed by atoms with Crippen LogP contribution in [0.15, 0.2) is 18.3 Å². The standard InChI is InChI=1S/C20H24F4N4O/c1-19(2,29)8-6-15-17(11-20(22,23)24)28-9-4-5-16(18(28)26-15)25-14-7-10-27(3)12-13(14)21/h4-5,9,13-14,25,29H,7,10-12H2,1-3H3/t13-,14+/m0/s1. The Morgan fingerprint density at radius 3 is 2.69 bits per heavy atom. The molecule has 1 aliphatic heterocycles. The average molecular weight is 412 g/mol. The van der Waals surface area contributed by atoms with E-state index < -0.39 is 30.4 Å². The molecule has 0 radical (unpaired) electrons. The van der Waals surface area contributed by atoms with Crippen molar-refractivity contribution in [3.8, 4) is 11.8 Å². The van der Waals surface area contributed by atoms with Crippen molar-refractivity contribution >= 4 is 11.3 Å². The third kappa shape index (κ3) is 5.40. The van der Waals surface area contributed by atoms with Crippen molar-refractivity contribution in [3.05, 3.63) is 29.7 Å². The number of rotatable bonds is 3. The van der Waals surface area contributed by atoms with Crippen LogP contribution in [0.5, 0.6) is 0 Å². The SMILES string of the molecule is CN1CC[C@@H](Nc2cccn3c(CC(F)(F)F)c(C#CC(C)(C)O)nc23)[C@@H](F)C1. The maximum absolute atomic E-state index is 14.4. The van der Waals surface area contributed by atoms with Crippen LogP contribution >= 0.6 is 0 Å². The van der Waals surface area contributed by atoms with Crippen LogP contribution in [0, 0.1) is 11.8 Å².